The summed E-state index contributed by atoms with van der Waals surface area (Å²) < 4.78 is 5.72. The molecule has 0 fully saturated rings. The van der Waals surface area contributed by atoms with E-state index in [0.717, 1.165) is 26.1 Å². The van der Waals surface area contributed by atoms with Gasteiger partial charge in [-0.3, -0.25) is 0 Å². The van der Waals surface area contributed by atoms with E-state index in [1.54, 1.807) is 0 Å². The third kappa shape index (κ3) is 12.0. The van der Waals surface area contributed by atoms with E-state index in [0.29, 0.717) is 6.10 Å². The van der Waals surface area contributed by atoms with E-state index in [1.165, 1.54) is 6.42 Å². The van der Waals surface area contributed by atoms with Gasteiger partial charge in [-0.1, -0.05) is 0 Å². The largest absolute Gasteiger partial charge is 0.377 e. The van der Waals surface area contributed by atoms with E-state index in [9.17, 15) is 0 Å². The van der Waals surface area contributed by atoms with Crippen molar-refractivity contribution >= 4 is 0 Å². The van der Waals surface area contributed by atoms with Gasteiger partial charge in [-0.05, 0) is 61.2 Å². The molecule has 1 N–H and O–H groups in total. The first-order chi connectivity index (χ1) is 7.31. The van der Waals surface area contributed by atoms with Crippen molar-refractivity contribution in [2.24, 2.45) is 0 Å². The highest BCUT2D eigenvalue weighted by Crippen LogP contribution is 2.03. The Labute approximate surface area is 102 Å². The summed E-state index contributed by atoms with van der Waals surface area (Å²) >= 11 is 0. The van der Waals surface area contributed by atoms with E-state index in [4.69, 9.17) is 4.74 Å². The molecule has 1 unspecified atom stereocenters. The fraction of sp³-hybridized carbons (Fsp3) is 1.00. The van der Waals surface area contributed by atoms with Crippen LogP contribution >= 0.6 is 0 Å². The summed E-state index contributed by atoms with van der Waals surface area (Å²) in [6.07, 6.45) is 2.69. The van der Waals surface area contributed by atoms with Crippen LogP contribution in [0.4, 0.5) is 0 Å². The van der Waals surface area contributed by atoms with Crippen LogP contribution in [0.5, 0.6) is 0 Å². The number of ether oxygens (including phenoxy) is 1. The van der Waals surface area contributed by atoms with Gasteiger partial charge in [0.2, 0.25) is 0 Å². The maximum atomic E-state index is 5.72. The maximum Gasteiger partial charge on any atom is 0.0596 e. The van der Waals surface area contributed by atoms with E-state index in [-0.39, 0.29) is 5.54 Å². The van der Waals surface area contributed by atoms with Gasteiger partial charge in [-0.15, -0.1) is 0 Å². The van der Waals surface area contributed by atoms with Crippen molar-refractivity contribution in [2.45, 2.75) is 52.2 Å². The molecule has 0 aromatic carbocycles. The lowest BCUT2D eigenvalue weighted by atomic mass is 10.1. The monoisotopic (exact) mass is 230 g/mol. The molecule has 0 heterocycles. The number of nitrogens with zero attached hydrogens (tertiary/aromatic N) is 1. The quantitative estimate of drug-likeness (QED) is 0.646. The van der Waals surface area contributed by atoms with Crippen molar-refractivity contribution in [1.29, 1.82) is 0 Å². The van der Waals surface area contributed by atoms with Crippen molar-refractivity contribution < 1.29 is 4.74 Å². The predicted octanol–water partition coefficient (Wildman–Crippen LogP) is 2.12. The summed E-state index contributed by atoms with van der Waals surface area (Å²) in [6.45, 7) is 11.7. The first kappa shape index (κ1) is 15.9. The number of rotatable bonds is 8. The Kier molecular flexibility index (Phi) is 7.98. The van der Waals surface area contributed by atoms with Crippen LogP contribution in [0.2, 0.25) is 0 Å². The second-order valence-corrected chi connectivity index (χ2v) is 5.80. The molecular formula is C13H30N2O. The topological polar surface area (TPSA) is 24.5 Å². The summed E-state index contributed by atoms with van der Waals surface area (Å²) in [4.78, 5) is 2.15. The molecule has 0 spiro atoms. The molecule has 0 bridgehead atoms. The van der Waals surface area contributed by atoms with E-state index in [2.05, 4.69) is 52.0 Å². The van der Waals surface area contributed by atoms with Crippen molar-refractivity contribution in [3.63, 3.8) is 0 Å². The Hall–Kier alpha value is -0.120. The third-order valence-electron chi connectivity index (χ3n) is 2.38. The SMILES string of the molecule is CC(CCCNC(C)(C)C)OCCN(C)C. The first-order valence-corrected chi connectivity index (χ1v) is 6.32. The van der Waals surface area contributed by atoms with E-state index >= 15 is 0 Å². The van der Waals surface area contributed by atoms with E-state index < -0.39 is 0 Å². The van der Waals surface area contributed by atoms with Gasteiger partial charge in [-0.25, -0.2) is 0 Å². The highest BCUT2D eigenvalue weighted by molar-refractivity contribution is 4.70. The summed E-state index contributed by atoms with van der Waals surface area (Å²) in [6, 6.07) is 0. The summed E-state index contributed by atoms with van der Waals surface area (Å²) in [5.41, 5.74) is 0.231. The standard InChI is InChI=1S/C13H30N2O/c1-12(16-11-10-15(5)6)8-7-9-14-13(2,3)4/h12,14H,7-11H2,1-6H3. The third-order valence-corrected chi connectivity index (χ3v) is 2.38. The van der Waals surface area contributed by atoms with Gasteiger partial charge in [-0.2, -0.15) is 0 Å². The highest BCUT2D eigenvalue weighted by atomic mass is 16.5. The Bertz CT molecular complexity index is 164. The van der Waals surface area contributed by atoms with Gasteiger partial charge < -0.3 is 15.0 Å². The normalized spacial score (nSPS) is 14.4. The minimum Gasteiger partial charge on any atom is -0.377 e. The lowest BCUT2D eigenvalue weighted by Crippen LogP contribution is -2.36. The van der Waals surface area contributed by atoms with Crippen LogP contribution in [-0.2, 0) is 4.74 Å². The molecule has 0 aliphatic carbocycles. The molecule has 0 aromatic heterocycles. The molecule has 3 nitrogen and oxygen atoms in total. The highest BCUT2D eigenvalue weighted by Gasteiger charge is 2.08. The van der Waals surface area contributed by atoms with Crippen LogP contribution in [0.3, 0.4) is 0 Å². The van der Waals surface area contributed by atoms with Crippen molar-refractivity contribution in [2.75, 3.05) is 33.8 Å². The minimum atomic E-state index is 0.231. The molecule has 0 amide bonds. The molecule has 0 aliphatic rings. The fourth-order valence-electron chi connectivity index (χ4n) is 1.37. The van der Waals surface area contributed by atoms with Crippen LogP contribution in [0, 0.1) is 0 Å². The second-order valence-electron chi connectivity index (χ2n) is 5.80. The number of likely N-dealkylation sites (N-methyl/N-ethyl adjacent to an activating group) is 1. The number of nitrogens with one attached hydrogen (secondary N) is 1. The Morgan fingerprint density at radius 1 is 1.25 bits per heavy atom. The molecule has 0 rings (SSSR count). The van der Waals surface area contributed by atoms with Gasteiger partial charge in [0.15, 0.2) is 0 Å². The van der Waals surface area contributed by atoms with Crippen molar-refractivity contribution in [3.8, 4) is 0 Å². The summed E-state index contributed by atoms with van der Waals surface area (Å²) in [5.74, 6) is 0. The molecular weight excluding hydrogens is 200 g/mol. The summed E-state index contributed by atoms with van der Waals surface area (Å²) in [7, 11) is 4.14. The lowest BCUT2D eigenvalue weighted by Gasteiger charge is -2.21. The molecule has 1 atom stereocenters. The average molecular weight is 230 g/mol. The summed E-state index contributed by atoms with van der Waals surface area (Å²) in [5, 5.41) is 3.49. The smallest absolute Gasteiger partial charge is 0.0596 e. The Morgan fingerprint density at radius 2 is 1.88 bits per heavy atom. The zero-order valence-electron chi connectivity index (χ0n) is 12.0. The van der Waals surface area contributed by atoms with Gasteiger partial charge in [0.1, 0.15) is 0 Å². The molecule has 98 valence electrons. The molecule has 3 heteroatoms. The predicted molar refractivity (Wildman–Crippen MR) is 71.0 cm³/mol. The number of hydrogen-bond donors (Lipinski definition) is 1. The molecule has 16 heavy (non-hydrogen) atoms. The molecule has 0 saturated carbocycles. The molecule has 0 aromatic rings. The van der Waals surface area contributed by atoms with Crippen LogP contribution in [0.15, 0.2) is 0 Å². The van der Waals surface area contributed by atoms with Crippen molar-refractivity contribution in [3.05, 3.63) is 0 Å². The maximum absolute atomic E-state index is 5.72. The first-order valence-electron chi connectivity index (χ1n) is 6.32. The van der Waals surface area contributed by atoms with Gasteiger partial charge in [0.25, 0.3) is 0 Å². The average Bonchev–Trinajstić information content (AvgIpc) is 2.10. The zero-order valence-corrected chi connectivity index (χ0v) is 12.0. The van der Waals surface area contributed by atoms with E-state index in [1.807, 2.05) is 0 Å². The molecule has 0 saturated heterocycles. The second kappa shape index (κ2) is 8.04. The Balaban J connectivity index is 3.34. The van der Waals surface area contributed by atoms with Gasteiger partial charge >= 0.3 is 0 Å². The lowest BCUT2D eigenvalue weighted by molar-refractivity contribution is 0.0494. The van der Waals surface area contributed by atoms with Crippen molar-refractivity contribution in [1.82, 2.24) is 10.2 Å². The van der Waals surface area contributed by atoms with Crippen LogP contribution in [0.1, 0.15) is 40.5 Å². The van der Waals surface area contributed by atoms with Gasteiger partial charge in [0, 0.05) is 12.1 Å². The van der Waals surface area contributed by atoms with Crippen LogP contribution in [0.25, 0.3) is 0 Å². The van der Waals surface area contributed by atoms with Gasteiger partial charge in [0.05, 0.1) is 12.7 Å². The van der Waals surface area contributed by atoms with Crippen LogP contribution < -0.4 is 5.32 Å². The van der Waals surface area contributed by atoms with Crippen LogP contribution in [-0.4, -0.2) is 50.3 Å². The fourth-order valence-corrected chi connectivity index (χ4v) is 1.37. The number of hydrogen-bond acceptors (Lipinski definition) is 3. The molecule has 0 aliphatic heterocycles. The zero-order chi connectivity index (χ0) is 12.6. The Morgan fingerprint density at radius 3 is 2.38 bits per heavy atom. The minimum absolute atomic E-state index is 0.231. The molecule has 0 radical (unpaired) electrons.